The molecule has 1 atom stereocenters. The van der Waals surface area contributed by atoms with Gasteiger partial charge in [-0.25, -0.2) is 0 Å². The zero-order chi connectivity index (χ0) is 23.5. The second kappa shape index (κ2) is 10.0. The van der Waals surface area contributed by atoms with E-state index in [1.54, 1.807) is 31.4 Å². The summed E-state index contributed by atoms with van der Waals surface area (Å²) >= 11 is 6.16. The zero-order valence-corrected chi connectivity index (χ0v) is 19.9. The number of aryl methyl sites for hydroxylation is 1. The molecule has 0 aromatic heterocycles. The van der Waals surface area contributed by atoms with Crippen molar-refractivity contribution in [2.45, 2.75) is 32.7 Å². The molecule has 2 aliphatic heterocycles. The minimum absolute atomic E-state index is 0.0712. The number of nitrogens with zero attached hydrogens (tertiary/aromatic N) is 1. The molecule has 7 nitrogen and oxygen atoms in total. The highest BCUT2D eigenvalue weighted by Crippen LogP contribution is 2.33. The number of carbonyl (C=O) groups excluding carboxylic acids is 2. The zero-order valence-electron chi connectivity index (χ0n) is 19.2. The Bertz CT molecular complexity index is 1050. The first-order valence-electron chi connectivity index (χ1n) is 11.2. The predicted octanol–water partition coefficient (Wildman–Crippen LogP) is 4.35. The Hall–Kier alpha value is -2.77. The Kier molecular flexibility index (Phi) is 7.10. The minimum Gasteiger partial charge on any atom is -0.495 e. The van der Waals surface area contributed by atoms with Gasteiger partial charge in [-0.1, -0.05) is 11.6 Å². The molecule has 1 amide bonds. The van der Waals surface area contributed by atoms with Crippen LogP contribution in [0, 0.1) is 12.8 Å². The molecule has 0 saturated carbocycles. The van der Waals surface area contributed by atoms with Gasteiger partial charge in [-0.3, -0.25) is 14.5 Å². The highest BCUT2D eigenvalue weighted by Gasteiger charge is 2.31. The van der Waals surface area contributed by atoms with E-state index in [-0.39, 0.29) is 23.7 Å². The van der Waals surface area contributed by atoms with Crippen LogP contribution in [0.15, 0.2) is 30.3 Å². The molecule has 1 saturated heterocycles. The summed E-state index contributed by atoms with van der Waals surface area (Å²) in [5, 5.41) is 3.54. The first-order valence-corrected chi connectivity index (χ1v) is 11.6. The number of Topliss-reactive ketones (excluding diaryl/α,β-unsaturated/α-hetero) is 1. The van der Waals surface area contributed by atoms with Gasteiger partial charge in [0, 0.05) is 22.6 Å². The normalized spacial score (nSPS) is 17.3. The maximum Gasteiger partial charge on any atom is 0.241 e. The molecule has 2 aliphatic rings. The van der Waals surface area contributed by atoms with Gasteiger partial charge in [0.1, 0.15) is 19.0 Å². The number of benzene rings is 2. The van der Waals surface area contributed by atoms with Gasteiger partial charge in [0.15, 0.2) is 17.3 Å². The maximum absolute atomic E-state index is 13.0. The number of anilines is 1. The van der Waals surface area contributed by atoms with E-state index in [4.69, 9.17) is 25.8 Å². The van der Waals surface area contributed by atoms with Crippen molar-refractivity contribution < 1.29 is 23.8 Å². The van der Waals surface area contributed by atoms with Crippen LogP contribution in [-0.4, -0.2) is 56.0 Å². The van der Waals surface area contributed by atoms with Crippen LogP contribution in [0.2, 0.25) is 5.02 Å². The number of methoxy groups -OCH3 is 1. The van der Waals surface area contributed by atoms with E-state index in [1.165, 1.54) is 0 Å². The third-order valence-corrected chi connectivity index (χ3v) is 6.80. The number of ketones is 1. The van der Waals surface area contributed by atoms with Crippen LogP contribution >= 0.6 is 11.6 Å². The molecule has 1 fully saturated rings. The molecule has 2 aromatic rings. The van der Waals surface area contributed by atoms with Crippen molar-refractivity contribution in [1.29, 1.82) is 0 Å². The van der Waals surface area contributed by atoms with Gasteiger partial charge in [-0.05, 0) is 69.6 Å². The van der Waals surface area contributed by atoms with Crippen LogP contribution in [0.25, 0.3) is 0 Å². The second-order valence-electron chi connectivity index (χ2n) is 8.50. The molecule has 8 heteroatoms. The fourth-order valence-electron chi connectivity index (χ4n) is 4.31. The monoisotopic (exact) mass is 472 g/mol. The van der Waals surface area contributed by atoms with Gasteiger partial charge in [0.05, 0.1) is 18.8 Å². The quantitative estimate of drug-likeness (QED) is 0.630. The molecule has 0 radical (unpaired) electrons. The number of hydrogen-bond acceptors (Lipinski definition) is 6. The standard InChI is InChI=1S/C25H29ClN2O5/c1-15-12-20(22(31-3)14-19(15)26)27-25(30)16(2)28-8-6-17(7-9-28)24(29)18-4-5-21-23(13-18)33-11-10-32-21/h4-5,12-14,16-17H,6-11H2,1-3H3,(H,27,30). The summed E-state index contributed by atoms with van der Waals surface area (Å²) in [4.78, 5) is 28.1. The van der Waals surface area contributed by atoms with E-state index in [0.717, 1.165) is 5.56 Å². The number of piperidine rings is 1. The van der Waals surface area contributed by atoms with E-state index < -0.39 is 0 Å². The Labute approximate surface area is 198 Å². The SMILES string of the molecule is COc1cc(Cl)c(C)cc1NC(=O)C(C)N1CCC(C(=O)c2ccc3c(c2)OCCO3)CC1. The molecule has 0 spiro atoms. The van der Waals surface area contributed by atoms with Crippen molar-refractivity contribution >= 4 is 29.0 Å². The van der Waals surface area contributed by atoms with Crippen LogP contribution < -0.4 is 19.5 Å². The molecule has 33 heavy (non-hydrogen) atoms. The topological polar surface area (TPSA) is 77.1 Å². The van der Waals surface area contributed by atoms with Crippen LogP contribution in [-0.2, 0) is 4.79 Å². The minimum atomic E-state index is -0.337. The first-order chi connectivity index (χ1) is 15.9. The number of rotatable bonds is 6. The molecule has 0 aliphatic carbocycles. The molecule has 0 bridgehead atoms. The number of halogens is 1. The van der Waals surface area contributed by atoms with E-state index in [2.05, 4.69) is 10.2 Å². The van der Waals surface area contributed by atoms with Gasteiger partial charge < -0.3 is 19.5 Å². The Morgan fingerprint density at radius 2 is 1.82 bits per heavy atom. The van der Waals surface area contributed by atoms with Gasteiger partial charge in [-0.2, -0.15) is 0 Å². The van der Waals surface area contributed by atoms with Crippen LogP contribution in [0.4, 0.5) is 5.69 Å². The lowest BCUT2D eigenvalue weighted by Crippen LogP contribution is -2.47. The summed E-state index contributed by atoms with van der Waals surface area (Å²) < 4.78 is 16.5. The lowest BCUT2D eigenvalue weighted by Gasteiger charge is -2.35. The van der Waals surface area contributed by atoms with E-state index in [0.29, 0.717) is 72.7 Å². The van der Waals surface area contributed by atoms with Crippen LogP contribution in [0.5, 0.6) is 17.2 Å². The van der Waals surface area contributed by atoms with E-state index in [9.17, 15) is 9.59 Å². The van der Waals surface area contributed by atoms with Crippen molar-refractivity contribution in [1.82, 2.24) is 4.90 Å². The van der Waals surface area contributed by atoms with Crippen LogP contribution in [0.1, 0.15) is 35.7 Å². The highest BCUT2D eigenvalue weighted by molar-refractivity contribution is 6.31. The van der Waals surface area contributed by atoms with Crippen molar-refractivity contribution in [3.63, 3.8) is 0 Å². The number of nitrogens with one attached hydrogen (secondary N) is 1. The first kappa shape index (κ1) is 23.4. The van der Waals surface area contributed by atoms with Crippen molar-refractivity contribution in [3.05, 3.63) is 46.5 Å². The lowest BCUT2D eigenvalue weighted by molar-refractivity contribution is -0.121. The molecule has 176 valence electrons. The van der Waals surface area contributed by atoms with Crippen molar-refractivity contribution in [2.24, 2.45) is 5.92 Å². The largest absolute Gasteiger partial charge is 0.495 e. The Balaban J connectivity index is 1.35. The fraction of sp³-hybridized carbons (Fsp3) is 0.440. The van der Waals surface area contributed by atoms with Crippen LogP contribution in [0.3, 0.4) is 0 Å². The van der Waals surface area contributed by atoms with Crippen molar-refractivity contribution in [3.8, 4) is 17.2 Å². The van der Waals surface area contributed by atoms with Gasteiger partial charge in [0.2, 0.25) is 5.91 Å². The molecular formula is C25H29ClN2O5. The van der Waals surface area contributed by atoms with Crippen molar-refractivity contribution in [2.75, 3.05) is 38.7 Å². The van der Waals surface area contributed by atoms with Gasteiger partial charge in [-0.15, -0.1) is 0 Å². The molecule has 4 rings (SSSR count). The number of amides is 1. The van der Waals surface area contributed by atoms with Gasteiger partial charge in [0.25, 0.3) is 0 Å². The predicted molar refractivity (Wildman–Crippen MR) is 127 cm³/mol. The highest BCUT2D eigenvalue weighted by atomic mass is 35.5. The third-order valence-electron chi connectivity index (χ3n) is 6.39. The number of fused-ring (bicyclic) bond motifs is 1. The smallest absolute Gasteiger partial charge is 0.241 e. The third kappa shape index (κ3) is 5.09. The maximum atomic E-state index is 13.0. The van der Waals surface area contributed by atoms with E-state index in [1.807, 2.05) is 19.9 Å². The fourth-order valence-corrected chi connectivity index (χ4v) is 4.47. The Morgan fingerprint density at radius 3 is 2.52 bits per heavy atom. The summed E-state index contributed by atoms with van der Waals surface area (Å²) in [5.41, 5.74) is 2.10. The molecular weight excluding hydrogens is 444 g/mol. The molecule has 1 unspecified atom stereocenters. The summed E-state index contributed by atoms with van der Waals surface area (Å²) in [5.74, 6) is 1.76. The average Bonchev–Trinajstić information content (AvgIpc) is 2.85. The summed E-state index contributed by atoms with van der Waals surface area (Å²) in [6.45, 7) is 6.12. The number of ether oxygens (including phenoxy) is 3. The summed E-state index contributed by atoms with van der Waals surface area (Å²) in [7, 11) is 1.55. The summed E-state index contributed by atoms with van der Waals surface area (Å²) in [6, 6.07) is 8.56. The molecule has 1 N–H and O–H groups in total. The Morgan fingerprint density at radius 1 is 1.12 bits per heavy atom. The van der Waals surface area contributed by atoms with Gasteiger partial charge >= 0.3 is 0 Å². The number of carbonyl (C=O) groups is 2. The van der Waals surface area contributed by atoms with E-state index >= 15 is 0 Å². The number of likely N-dealkylation sites (tertiary alicyclic amines) is 1. The molecule has 2 aromatic carbocycles. The number of hydrogen-bond donors (Lipinski definition) is 1. The second-order valence-corrected chi connectivity index (χ2v) is 8.91. The average molecular weight is 473 g/mol. The molecule has 2 heterocycles. The summed E-state index contributed by atoms with van der Waals surface area (Å²) in [6.07, 6.45) is 1.41. The lowest BCUT2D eigenvalue weighted by atomic mass is 9.88.